The van der Waals surface area contributed by atoms with E-state index in [4.69, 9.17) is 10.9 Å². The number of nitrogens with two attached hydrogens (primary N) is 2. The topological polar surface area (TPSA) is 132 Å². The van der Waals surface area contributed by atoms with Crippen LogP contribution in [0.15, 0.2) is 12.1 Å². The SMILES string of the molecule is NC(=O)c1ccc(CNC(=O)CCCS(N)(=O)=O)c(F)c1F. The average Bonchev–Trinajstić information content (AvgIpc) is 2.38. The quantitative estimate of drug-likeness (QED) is 0.633. The van der Waals surface area contributed by atoms with Crippen molar-refractivity contribution >= 4 is 21.8 Å². The number of amides is 2. The van der Waals surface area contributed by atoms with Crippen LogP contribution in [-0.4, -0.2) is 26.0 Å². The van der Waals surface area contributed by atoms with Gasteiger partial charge >= 0.3 is 0 Å². The van der Waals surface area contributed by atoms with Crippen molar-refractivity contribution < 1.29 is 26.8 Å². The predicted octanol–water partition coefficient (Wildman–Crippen LogP) is -0.251. The van der Waals surface area contributed by atoms with Crippen LogP contribution < -0.4 is 16.2 Å². The van der Waals surface area contributed by atoms with Crippen LogP contribution >= 0.6 is 0 Å². The number of hydrogen-bond acceptors (Lipinski definition) is 4. The largest absolute Gasteiger partial charge is 0.366 e. The highest BCUT2D eigenvalue weighted by molar-refractivity contribution is 7.89. The third-order valence-electron chi connectivity index (χ3n) is 2.74. The highest BCUT2D eigenvalue weighted by atomic mass is 32.2. The van der Waals surface area contributed by atoms with Crippen LogP contribution in [0.2, 0.25) is 0 Å². The molecular formula is C12H15F2N3O4S. The smallest absolute Gasteiger partial charge is 0.251 e. The Labute approximate surface area is 125 Å². The van der Waals surface area contributed by atoms with E-state index in [9.17, 15) is 26.8 Å². The molecule has 5 N–H and O–H groups in total. The molecule has 2 amide bonds. The van der Waals surface area contributed by atoms with Crippen molar-refractivity contribution in [2.75, 3.05) is 5.75 Å². The van der Waals surface area contributed by atoms with Gasteiger partial charge in [-0.15, -0.1) is 0 Å². The van der Waals surface area contributed by atoms with Gasteiger partial charge in [0.2, 0.25) is 15.9 Å². The predicted molar refractivity (Wildman–Crippen MR) is 73.9 cm³/mol. The van der Waals surface area contributed by atoms with Gasteiger partial charge in [-0.2, -0.15) is 0 Å². The Kier molecular flexibility index (Phi) is 5.94. The molecule has 0 radical (unpaired) electrons. The molecule has 0 saturated carbocycles. The molecule has 0 aliphatic rings. The molecule has 10 heteroatoms. The zero-order chi connectivity index (χ0) is 16.9. The first kappa shape index (κ1) is 18.0. The van der Waals surface area contributed by atoms with E-state index in [1.807, 2.05) is 0 Å². The fourth-order valence-electron chi connectivity index (χ4n) is 1.63. The molecule has 0 saturated heterocycles. The van der Waals surface area contributed by atoms with Crippen molar-refractivity contribution in [1.29, 1.82) is 0 Å². The van der Waals surface area contributed by atoms with Crippen molar-refractivity contribution in [2.24, 2.45) is 10.9 Å². The van der Waals surface area contributed by atoms with Crippen molar-refractivity contribution in [1.82, 2.24) is 5.32 Å². The fourth-order valence-corrected chi connectivity index (χ4v) is 2.18. The first-order valence-corrected chi connectivity index (χ1v) is 7.87. The van der Waals surface area contributed by atoms with E-state index in [0.29, 0.717) is 0 Å². The molecule has 0 unspecified atom stereocenters. The maximum absolute atomic E-state index is 13.7. The maximum atomic E-state index is 13.7. The van der Waals surface area contributed by atoms with Crippen LogP contribution in [-0.2, 0) is 21.4 Å². The van der Waals surface area contributed by atoms with Crippen LogP contribution in [0, 0.1) is 11.6 Å². The Morgan fingerprint density at radius 3 is 2.36 bits per heavy atom. The molecule has 1 aromatic carbocycles. The van der Waals surface area contributed by atoms with Gasteiger partial charge in [0.05, 0.1) is 11.3 Å². The van der Waals surface area contributed by atoms with Gasteiger partial charge < -0.3 is 11.1 Å². The van der Waals surface area contributed by atoms with Gasteiger partial charge in [0.1, 0.15) is 0 Å². The molecule has 0 spiro atoms. The van der Waals surface area contributed by atoms with E-state index in [1.54, 1.807) is 0 Å². The molecule has 7 nitrogen and oxygen atoms in total. The summed E-state index contributed by atoms with van der Waals surface area (Å²) in [5.41, 5.74) is 4.12. The van der Waals surface area contributed by atoms with Crippen molar-refractivity contribution in [3.63, 3.8) is 0 Å². The Morgan fingerprint density at radius 2 is 1.82 bits per heavy atom. The van der Waals surface area contributed by atoms with Crippen molar-refractivity contribution in [3.05, 3.63) is 34.9 Å². The molecule has 0 atom stereocenters. The summed E-state index contributed by atoms with van der Waals surface area (Å²) in [7, 11) is -3.65. The standard InChI is InChI=1S/C12H15F2N3O4S/c13-10-7(3-4-8(11(10)14)12(15)19)6-17-9(18)2-1-5-22(16,20)21/h3-4H,1-2,5-6H2,(H2,15,19)(H,17,18)(H2,16,20,21). The Morgan fingerprint density at radius 1 is 1.18 bits per heavy atom. The minimum absolute atomic E-state index is 0.0160. The minimum Gasteiger partial charge on any atom is -0.366 e. The summed E-state index contributed by atoms with van der Waals surface area (Å²) in [4.78, 5) is 22.3. The lowest BCUT2D eigenvalue weighted by atomic mass is 10.1. The summed E-state index contributed by atoms with van der Waals surface area (Å²) < 4.78 is 48.5. The Hall–Kier alpha value is -2.07. The molecule has 0 fully saturated rings. The minimum atomic E-state index is -3.65. The van der Waals surface area contributed by atoms with Gasteiger partial charge in [0.25, 0.3) is 5.91 Å². The Balaban J connectivity index is 2.60. The number of carbonyl (C=O) groups is 2. The third-order valence-corrected chi connectivity index (χ3v) is 3.59. The van der Waals surface area contributed by atoms with Gasteiger partial charge in [-0.1, -0.05) is 6.07 Å². The zero-order valence-electron chi connectivity index (χ0n) is 11.4. The number of primary amides is 1. The van der Waals surface area contributed by atoms with Crippen LogP contribution in [0.1, 0.15) is 28.8 Å². The van der Waals surface area contributed by atoms with Gasteiger partial charge in [-0.05, 0) is 12.5 Å². The summed E-state index contributed by atoms with van der Waals surface area (Å²) in [5, 5.41) is 7.08. The number of primary sulfonamides is 1. The summed E-state index contributed by atoms with van der Waals surface area (Å²) >= 11 is 0. The Bertz CT molecular complexity index is 692. The average molecular weight is 335 g/mol. The molecule has 0 aromatic heterocycles. The van der Waals surface area contributed by atoms with Crippen molar-refractivity contribution in [3.8, 4) is 0 Å². The molecule has 1 aromatic rings. The van der Waals surface area contributed by atoms with E-state index in [-0.39, 0.29) is 30.7 Å². The molecule has 22 heavy (non-hydrogen) atoms. The maximum Gasteiger partial charge on any atom is 0.251 e. The lowest BCUT2D eigenvalue weighted by molar-refractivity contribution is -0.121. The van der Waals surface area contributed by atoms with E-state index in [2.05, 4.69) is 5.32 Å². The van der Waals surface area contributed by atoms with Crippen LogP contribution in [0.3, 0.4) is 0 Å². The number of hydrogen-bond donors (Lipinski definition) is 3. The molecule has 0 aliphatic heterocycles. The lowest BCUT2D eigenvalue weighted by Gasteiger charge is -2.08. The number of rotatable bonds is 7. The van der Waals surface area contributed by atoms with E-state index < -0.39 is 39.0 Å². The van der Waals surface area contributed by atoms with Gasteiger partial charge in [0, 0.05) is 18.5 Å². The number of halogens is 2. The number of benzene rings is 1. The summed E-state index contributed by atoms with van der Waals surface area (Å²) in [6, 6.07) is 2.15. The first-order valence-electron chi connectivity index (χ1n) is 6.15. The second-order valence-corrected chi connectivity index (χ2v) is 6.25. The third kappa shape index (κ3) is 5.37. The summed E-state index contributed by atoms with van der Waals surface area (Å²) in [5.74, 6) is -4.65. The monoisotopic (exact) mass is 335 g/mol. The van der Waals surface area contributed by atoms with E-state index >= 15 is 0 Å². The number of sulfonamides is 1. The number of nitrogens with one attached hydrogen (secondary N) is 1. The van der Waals surface area contributed by atoms with Crippen LogP contribution in [0.25, 0.3) is 0 Å². The number of carbonyl (C=O) groups excluding carboxylic acids is 2. The second-order valence-electron chi connectivity index (χ2n) is 4.51. The van der Waals surface area contributed by atoms with E-state index in [1.165, 1.54) is 0 Å². The van der Waals surface area contributed by atoms with Gasteiger partial charge in [0.15, 0.2) is 11.6 Å². The molecule has 0 heterocycles. The first-order chi connectivity index (χ1) is 10.1. The fraction of sp³-hybridized carbons (Fsp3) is 0.333. The second kappa shape index (κ2) is 7.27. The normalized spacial score (nSPS) is 11.2. The highest BCUT2D eigenvalue weighted by Crippen LogP contribution is 2.16. The van der Waals surface area contributed by atoms with E-state index in [0.717, 1.165) is 12.1 Å². The molecule has 122 valence electrons. The van der Waals surface area contributed by atoms with Crippen molar-refractivity contribution in [2.45, 2.75) is 19.4 Å². The van der Waals surface area contributed by atoms with Crippen LogP contribution in [0.4, 0.5) is 8.78 Å². The summed E-state index contributed by atoms with van der Waals surface area (Å²) in [6.07, 6.45) is -0.109. The summed E-state index contributed by atoms with van der Waals surface area (Å²) in [6.45, 7) is -0.310. The lowest BCUT2D eigenvalue weighted by Crippen LogP contribution is -2.25. The molecular weight excluding hydrogens is 320 g/mol. The molecule has 1 rings (SSSR count). The highest BCUT2D eigenvalue weighted by Gasteiger charge is 2.17. The van der Waals surface area contributed by atoms with Crippen LogP contribution in [0.5, 0.6) is 0 Å². The molecule has 0 bridgehead atoms. The van der Waals surface area contributed by atoms with Gasteiger partial charge in [-0.3, -0.25) is 9.59 Å². The molecule has 0 aliphatic carbocycles. The zero-order valence-corrected chi connectivity index (χ0v) is 12.3. The van der Waals surface area contributed by atoms with Gasteiger partial charge in [-0.25, -0.2) is 22.3 Å².